The average Bonchev–Trinajstić information content (AvgIpc) is 2.38. The maximum absolute atomic E-state index is 4.37. The van der Waals surface area contributed by atoms with E-state index >= 15 is 0 Å². The molecule has 0 spiro atoms. The van der Waals surface area contributed by atoms with Crippen molar-refractivity contribution in [2.24, 2.45) is 0 Å². The molecule has 0 bridgehead atoms. The van der Waals surface area contributed by atoms with Crippen molar-refractivity contribution in [3.63, 3.8) is 0 Å². The van der Waals surface area contributed by atoms with Gasteiger partial charge in [-0.15, -0.1) is 0 Å². The van der Waals surface area contributed by atoms with Crippen LogP contribution in [0, 0.1) is 6.92 Å². The zero-order valence-electron chi connectivity index (χ0n) is 10.2. The molecular weight excluding hydrogens is 210 g/mol. The molecule has 2 heterocycles. The molecule has 2 rings (SSSR count). The lowest BCUT2D eigenvalue weighted by atomic mass is 10.1. The first-order chi connectivity index (χ1) is 8.27. The molecular formula is C14H17N3. The van der Waals surface area contributed by atoms with Gasteiger partial charge in [-0.25, -0.2) is 0 Å². The summed E-state index contributed by atoms with van der Waals surface area (Å²) in [6.45, 7) is 5.02. The quantitative estimate of drug-likeness (QED) is 0.872. The summed E-state index contributed by atoms with van der Waals surface area (Å²) in [7, 11) is 0. The SMILES string of the molecule is Cc1cccnc1CN[C@H](C)c1ccncc1. The minimum absolute atomic E-state index is 0.305. The summed E-state index contributed by atoms with van der Waals surface area (Å²) in [4.78, 5) is 8.39. The van der Waals surface area contributed by atoms with Crippen molar-refractivity contribution in [2.75, 3.05) is 0 Å². The fraction of sp³-hybridized carbons (Fsp3) is 0.286. The second kappa shape index (κ2) is 5.55. The lowest BCUT2D eigenvalue weighted by Crippen LogP contribution is -2.19. The molecule has 88 valence electrons. The van der Waals surface area contributed by atoms with Crippen LogP contribution in [-0.2, 0) is 6.54 Å². The molecule has 0 saturated carbocycles. The second-order valence-electron chi connectivity index (χ2n) is 4.15. The lowest BCUT2D eigenvalue weighted by Gasteiger charge is -2.14. The van der Waals surface area contributed by atoms with Crippen LogP contribution in [0.5, 0.6) is 0 Å². The van der Waals surface area contributed by atoms with Crippen LogP contribution in [0.2, 0.25) is 0 Å². The Morgan fingerprint density at radius 3 is 2.65 bits per heavy atom. The van der Waals surface area contributed by atoms with Crippen LogP contribution in [0.25, 0.3) is 0 Å². The molecule has 17 heavy (non-hydrogen) atoms. The van der Waals surface area contributed by atoms with Gasteiger partial charge in [0, 0.05) is 31.2 Å². The second-order valence-corrected chi connectivity index (χ2v) is 4.15. The summed E-state index contributed by atoms with van der Waals surface area (Å²) >= 11 is 0. The molecule has 0 radical (unpaired) electrons. The third-order valence-corrected chi connectivity index (χ3v) is 2.90. The summed E-state index contributed by atoms with van der Waals surface area (Å²) in [5.41, 5.74) is 3.57. The Labute approximate surface area is 102 Å². The van der Waals surface area contributed by atoms with E-state index in [1.165, 1.54) is 11.1 Å². The maximum atomic E-state index is 4.37. The highest BCUT2D eigenvalue weighted by Gasteiger charge is 2.05. The van der Waals surface area contributed by atoms with Gasteiger partial charge in [-0.2, -0.15) is 0 Å². The largest absolute Gasteiger partial charge is 0.305 e. The highest BCUT2D eigenvalue weighted by atomic mass is 14.9. The van der Waals surface area contributed by atoms with Crippen molar-refractivity contribution in [2.45, 2.75) is 26.4 Å². The topological polar surface area (TPSA) is 37.8 Å². The monoisotopic (exact) mass is 227 g/mol. The van der Waals surface area contributed by atoms with Gasteiger partial charge in [-0.1, -0.05) is 6.07 Å². The summed E-state index contributed by atoms with van der Waals surface area (Å²) in [6, 6.07) is 8.41. The number of aryl methyl sites for hydroxylation is 1. The predicted octanol–water partition coefficient (Wildman–Crippen LogP) is 2.64. The first-order valence-electron chi connectivity index (χ1n) is 5.81. The van der Waals surface area contributed by atoms with Gasteiger partial charge in [0.2, 0.25) is 0 Å². The molecule has 3 nitrogen and oxygen atoms in total. The van der Waals surface area contributed by atoms with E-state index in [-0.39, 0.29) is 0 Å². The molecule has 0 fully saturated rings. The Morgan fingerprint density at radius 1 is 1.18 bits per heavy atom. The Morgan fingerprint density at radius 2 is 1.94 bits per heavy atom. The van der Waals surface area contributed by atoms with Crippen LogP contribution in [-0.4, -0.2) is 9.97 Å². The molecule has 0 aromatic carbocycles. The Hall–Kier alpha value is -1.74. The number of aromatic nitrogens is 2. The zero-order chi connectivity index (χ0) is 12.1. The van der Waals surface area contributed by atoms with Gasteiger partial charge in [-0.05, 0) is 43.2 Å². The highest BCUT2D eigenvalue weighted by Crippen LogP contribution is 2.11. The van der Waals surface area contributed by atoms with Crippen LogP contribution < -0.4 is 5.32 Å². The summed E-state index contributed by atoms with van der Waals surface area (Å²) in [5.74, 6) is 0. The van der Waals surface area contributed by atoms with Crippen molar-refractivity contribution in [3.8, 4) is 0 Å². The minimum atomic E-state index is 0.305. The molecule has 0 aliphatic heterocycles. The fourth-order valence-corrected chi connectivity index (χ4v) is 1.72. The van der Waals surface area contributed by atoms with Crippen molar-refractivity contribution >= 4 is 0 Å². The first kappa shape index (κ1) is 11.7. The van der Waals surface area contributed by atoms with E-state index in [2.05, 4.69) is 35.2 Å². The number of hydrogen-bond donors (Lipinski definition) is 1. The number of nitrogens with zero attached hydrogens (tertiary/aromatic N) is 2. The first-order valence-corrected chi connectivity index (χ1v) is 5.81. The van der Waals surface area contributed by atoms with Gasteiger partial charge in [0.25, 0.3) is 0 Å². The van der Waals surface area contributed by atoms with Crippen LogP contribution in [0.15, 0.2) is 42.9 Å². The minimum Gasteiger partial charge on any atom is -0.305 e. The fourth-order valence-electron chi connectivity index (χ4n) is 1.72. The Kier molecular flexibility index (Phi) is 3.83. The number of nitrogens with one attached hydrogen (secondary N) is 1. The molecule has 1 N–H and O–H groups in total. The van der Waals surface area contributed by atoms with Crippen LogP contribution >= 0.6 is 0 Å². The molecule has 0 aliphatic rings. The third kappa shape index (κ3) is 3.11. The van der Waals surface area contributed by atoms with Crippen LogP contribution in [0.1, 0.15) is 29.8 Å². The highest BCUT2D eigenvalue weighted by molar-refractivity contribution is 5.18. The molecule has 0 unspecified atom stereocenters. The Balaban J connectivity index is 1.97. The smallest absolute Gasteiger partial charge is 0.0570 e. The van der Waals surface area contributed by atoms with E-state index in [0.717, 1.165) is 12.2 Å². The maximum Gasteiger partial charge on any atom is 0.0570 e. The third-order valence-electron chi connectivity index (χ3n) is 2.90. The van der Waals surface area contributed by atoms with E-state index in [1.807, 2.05) is 36.8 Å². The molecule has 0 aliphatic carbocycles. The molecule has 3 heteroatoms. The van der Waals surface area contributed by atoms with Gasteiger partial charge < -0.3 is 5.32 Å². The molecule has 0 amide bonds. The van der Waals surface area contributed by atoms with E-state index in [9.17, 15) is 0 Å². The molecule has 2 aromatic heterocycles. The van der Waals surface area contributed by atoms with Crippen molar-refractivity contribution in [1.29, 1.82) is 0 Å². The summed E-state index contributed by atoms with van der Waals surface area (Å²) in [6.07, 6.45) is 5.47. The van der Waals surface area contributed by atoms with E-state index in [4.69, 9.17) is 0 Å². The Bertz CT molecular complexity index is 468. The van der Waals surface area contributed by atoms with Gasteiger partial charge in [0.05, 0.1) is 5.69 Å². The molecule has 2 aromatic rings. The predicted molar refractivity (Wildman–Crippen MR) is 68.5 cm³/mol. The summed E-state index contributed by atoms with van der Waals surface area (Å²) < 4.78 is 0. The normalized spacial score (nSPS) is 12.4. The zero-order valence-corrected chi connectivity index (χ0v) is 10.2. The van der Waals surface area contributed by atoms with Gasteiger partial charge in [-0.3, -0.25) is 9.97 Å². The van der Waals surface area contributed by atoms with E-state index < -0.39 is 0 Å². The van der Waals surface area contributed by atoms with Crippen molar-refractivity contribution < 1.29 is 0 Å². The van der Waals surface area contributed by atoms with Gasteiger partial charge >= 0.3 is 0 Å². The lowest BCUT2D eigenvalue weighted by molar-refractivity contribution is 0.565. The average molecular weight is 227 g/mol. The van der Waals surface area contributed by atoms with E-state index in [0.29, 0.717) is 6.04 Å². The molecule has 0 saturated heterocycles. The number of hydrogen-bond acceptors (Lipinski definition) is 3. The number of pyridine rings is 2. The molecule has 1 atom stereocenters. The number of rotatable bonds is 4. The van der Waals surface area contributed by atoms with Crippen molar-refractivity contribution in [3.05, 3.63) is 59.7 Å². The van der Waals surface area contributed by atoms with Crippen LogP contribution in [0.4, 0.5) is 0 Å². The van der Waals surface area contributed by atoms with Crippen LogP contribution in [0.3, 0.4) is 0 Å². The standard InChI is InChI=1S/C14H17N3/c1-11-4-3-7-16-14(11)10-17-12(2)13-5-8-15-9-6-13/h3-9,12,17H,10H2,1-2H3/t12-/m1/s1. The van der Waals surface area contributed by atoms with Crippen molar-refractivity contribution in [1.82, 2.24) is 15.3 Å². The summed E-state index contributed by atoms with van der Waals surface area (Å²) in [5, 5.41) is 3.47. The van der Waals surface area contributed by atoms with Gasteiger partial charge in [0.1, 0.15) is 0 Å². The van der Waals surface area contributed by atoms with E-state index in [1.54, 1.807) is 0 Å². The van der Waals surface area contributed by atoms with Gasteiger partial charge in [0.15, 0.2) is 0 Å².